The van der Waals surface area contributed by atoms with Crippen molar-refractivity contribution in [2.45, 2.75) is 19.1 Å². The van der Waals surface area contributed by atoms with E-state index < -0.39 is 18.0 Å². The summed E-state index contributed by atoms with van der Waals surface area (Å²) < 4.78 is 13.2. The molecule has 80 valence electrons. The zero-order valence-corrected chi connectivity index (χ0v) is 9.15. The van der Waals surface area contributed by atoms with E-state index in [1.807, 2.05) is 0 Å². The van der Waals surface area contributed by atoms with E-state index in [0.717, 1.165) is 0 Å². The summed E-state index contributed by atoms with van der Waals surface area (Å²) in [6.07, 6.45) is -0.825. The Morgan fingerprint density at radius 1 is 1.50 bits per heavy atom. The first kappa shape index (κ1) is 13.7. The minimum absolute atomic E-state index is 0. The van der Waals surface area contributed by atoms with Gasteiger partial charge in [0.15, 0.2) is 0 Å². The molecule has 0 saturated heterocycles. The van der Waals surface area contributed by atoms with Gasteiger partial charge in [-0.25, -0.2) is 4.39 Å². The van der Waals surface area contributed by atoms with E-state index in [9.17, 15) is 9.50 Å². The highest BCUT2D eigenvalue weighted by Crippen LogP contribution is 2.26. The van der Waals surface area contributed by atoms with Crippen LogP contribution in [0.4, 0.5) is 4.39 Å². The summed E-state index contributed by atoms with van der Waals surface area (Å²) in [5.41, 5.74) is 5.73. The van der Waals surface area contributed by atoms with E-state index in [-0.39, 0.29) is 23.0 Å². The molecule has 2 nitrogen and oxygen atoms in total. The van der Waals surface area contributed by atoms with E-state index in [1.165, 1.54) is 19.1 Å². The van der Waals surface area contributed by atoms with Crippen LogP contribution in [0, 0.1) is 5.82 Å². The Bertz CT molecular complexity index is 287. The van der Waals surface area contributed by atoms with Gasteiger partial charge in [0.05, 0.1) is 12.1 Å². The lowest BCUT2D eigenvalue weighted by Crippen LogP contribution is -2.24. The summed E-state index contributed by atoms with van der Waals surface area (Å²) in [5, 5.41) is 9.42. The van der Waals surface area contributed by atoms with Gasteiger partial charge in [-0.2, -0.15) is 0 Å². The second-order valence-corrected chi connectivity index (χ2v) is 3.31. The third kappa shape index (κ3) is 2.82. The standard InChI is InChI=1S/C9H11ClFNO.ClH/c1-5(13)9(12)8-6(10)3-2-4-7(8)11;/h2-5,9,13H,12H2,1H3;1H/t5-,9-;/m1./s1. The van der Waals surface area contributed by atoms with E-state index in [1.54, 1.807) is 6.07 Å². The normalized spacial score (nSPS) is 14.4. The molecule has 2 atom stereocenters. The lowest BCUT2D eigenvalue weighted by atomic mass is 10.0. The van der Waals surface area contributed by atoms with Crippen molar-refractivity contribution in [2.24, 2.45) is 5.73 Å². The van der Waals surface area contributed by atoms with Gasteiger partial charge in [-0.15, -0.1) is 12.4 Å². The van der Waals surface area contributed by atoms with Crippen LogP contribution >= 0.6 is 24.0 Å². The third-order valence-electron chi connectivity index (χ3n) is 1.85. The van der Waals surface area contributed by atoms with Crippen molar-refractivity contribution in [2.75, 3.05) is 0 Å². The van der Waals surface area contributed by atoms with Crippen LogP contribution in [0.3, 0.4) is 0 Å². The van der Waals surface area contributed by atoms with Crippen molar-refractivity contribution >= 4 is 24.0 Å². The van der Waals surface area contributed by atoms with Crippen molar-refractivity contribution < 1.29 is 9.50 Å². The maximum absolute atomic E-state index is 13.2. The van der Waals surface area contributed by atoms with Crippen molar-refractivity contribution in [1.29, 1.82) is 0 Å². The zero-order valence-electron chi connectivity index (χ0n) is 7.58. The van der Waals surface area contributed by atoms with Crippen LogP contribution < -0.4 is 5.73 Å². The molecule has 0 aliphatic rings. The first-order valence-electron chi connectivity index (χ1n) is 3.91. The number of nitrogens with two attached hydrogens (primary N) is 1. The molecule has 0 fully saturated rings. The monoisotopic (exact) mass is 239 g/mol. The molecule has 0 saturated carbocycles. The maximum atomic E-state index is 13.2. The Morgan fingerprint density at radius 2 is 2.07 bits per heavy atom. The highest BCUT2D eigenvalue weighted by Gasteiger charge is 2.18. The smallest absolute Gasteiger partial charge is 0.129 e. The fraction of sp³-hybridized carbons (Fsp3) is 0.333. The highest BCUT2D eigenvalue weighted by atomic mass is 35.5. The molecule has 0 aromatic heterocycles. The topological polar surface area (TPSA) is 46.2 Å². The van der Waals surface area contributed by atoms with Crippen LogP contribution in [-0.2, 0) is 0 Å². The first-order valence-corrected chi connectivity index (χ1v) is 4.29. The summed E-state index contributed by atoms with van der Waals surface area (Å²) in [5.74, 6) is -0.485. The van der Waals surface area contributed by atoms with Crippen LogP contribution in [0.2, 0.25) is 5.02 Å². The second kappa shape index (κ2) is 5.51. The van der Waals surface area contributed by atoms with Gasteiger partial charge < -0.3 is 10.8 Å². The lowest BCUT2D eigenvalue weighted by Gasteiger charge is -2.16. The molecular weight excluding hydrogens is 228 g/mol. The molecule has 0 spiro atoms. The van der Waals surface area contributed by atoms with Gasteiger partial charge in [-0.1, -0.05) is 17.7 Å². The highest BCUT2D eigenvalue weighted by molar-refractivity contribution is 6.31. The van der Waals surface area contributed by atoms with Crippen molar-refractivity contribution in [3.05, 3.63) is 34.6 Å². The van der Waals surface area contributed by atoms with Gasteiger partial charge in [0.2, 0.25) is 0 Å². The zero-order chi connectivity index (χ0) is 10.0. The van der Waals surface area contributed by atoms with E-state index >= 15 is 0 Å². The number of aliphatic hydroxyl groups is 1. The average molecular weight is 240 g/mol. The third-order valence-corrected chi connectivity index (χ3v) is 2.18. The van der Waals surface area contributed by atoms with Gasteiger partial charge in [0.1, 0.15) is 5.82 Å². The molecular formula is C9H12Cl2FNO. The van der Waals surface area contributed by atoms with Crippen molar-refractivity contribution in [3.63, 3.8) is 0 Å². The van der Waals surface area contributed by atoms with Crippen molar-refractivity contribution in [1.82, 2.24) is 0 Å². The van der Waals surface area contributed by atoms with Gasteiger partial charge in [-0.05, 0) is 19.1 Å². The van der Waals surface area contributed by atoms with Crippen LogP contribution in [0.15, 0.2) is 18.2 Å². The summed E-state index contributed by atoms with van der Waals surface area (Å²) in [4.78, 5) is 0. The van der Waals surface area contributed by atoms with Gasteiger partial charge in [0, 0.05) is 10.6 Å². The first-order chi connectivity index (χ1) is 6.04. The fourth-order valence-electron chi connectivity index (χ4n) is 1.07. The Kier molecular flexibility index (Phi) is 5.37. The molecule has 0 amide bonds. The molecule has 3 N–H and O–H groups in total. The SMILES string of the molecule is C[C@@H](O)[C@@H](N)c1c(F)cccc1Cl.Cl. The molecule has 0 bridgehead atoms. The average Bonchev–Trinajstić information content (AvgIpc) is 2.03. The predicted molar refractivity (Wildman–Crippen MR) is 57.3 cm³/mol. The van der Waals surface area contributed by atoms with E-state index in [2.05, 4.69) is 0 Å². The Morgan fingerprint density at radius 3 is 2.50 bits per heavy atom. The largest absolute Gasteiger partial charge is 0.391 e. The summed E-state index contributed by atoms with van der Waals surface area (Å²) >= 11 is 5.74. The lowest BCUT2D eigenvalue weighted by molar-refractivity contribution is 0.162. The Balaban J connectivity index is 0.00000169. The van der Waals surface area contributed by atoms with Crippen LogP contribution in [0.1, 0.15) is 18.5 Å². The number of aliphatic hydroxyl groups excluding tert-OH is 1. The molecule has 0 unspecified atom stereocenters. The molecule has 5 heteroatoms. The van der Waals surface area contributed by atoms with Crippen molar-refractivity contribution in [3.8, 4) is 0 Å². The van der Waals surface area contributed by atoms with Gasteiger partial charge >= 0.3 is 0 Å². The Labute approximate surface area is 93.3 Å². The molecule has 0 heterocycles. The van der Waals surface area contributed by atoms with Gasteiger partial charge in [-0.3, -0.25) is 0 Å². The van der Waals surface area contributed by atoms with Gasteiger partial charge in [0.25, 0.3) is 0 Å². The van der Waals surface area contributed by atoms with Crippen LogP contribution in [-0.4, -0.2) is 11.2 Å². The second-order valence-electron chi connectivity index (χ2n) is 2.90. The van der Waals surface area contributed by atoms with Crippen LogP contribution in [0.5, 0.6) is 0 Å². The molecule has 0 aliphatic heterocycles. The minimum Gasteiger partial charge on any atom is -0.391 e. The molecule has 0 aliphatic carbocycles. The van der Waals surface area contributed by atoms with Crippen LogP contribution in [0.25, 0.3) is 0 Å². The summed E-state index contributed by atoms with van der Waals surface area (Å²) in [7, 11) is 0. The number of hydrogen-bond acceptors (Lipinski definition) is 2. The molecule has 1 rings (SSSR count). The number of benzene rings is 1. The van der Waals surface area contributed by atoms with E-state index in [4.69, 9.17) is 17.3 Å². The summed E-state index contributed by atoms with van der Waals surface area (Å²) in [6, 6.07) is 3.52. The number of hydrogen-bond donors (Lipinski definition) is 2. The molecule has 1 aromatic rings. The summed E-state index contributed by atoms with van der Waals surface area (Å²) in [6.45, 7) is 1.49. The molecule has 1 aromatic carbocycles. The molecule has 14 heavy (non-hydrogen) atoms. The number of halogens is 3. The quantitative estimate of drug-likeness (QED) is 0.832. The van der Waals surface area contributed by atoms with E-state index in [0.29, 0.717) is 0 Å². The molecule has 0 radical (unpaired) electrons. The minimum atomic E-state index is -0.825. The Hall–Kier alpha value is -0.350. The predicted octanol–water partition coefficient (Wildman–Crippen LogP) is 2.28. The fourth-order valence-corrected chi connectivity index (χ4v) is 1.36. The maximum Gasteiger partial charge on any atom is 0.129 e. The number of rotatable bonds is 2.